The number of rotatable bonds is 4. The number of halogens is 2. The Kier molecular flexibility index (Phi) is 5.05. The highest BCUT2D eigenvalue weighted by Crippen LogP contribution is 2.48. The number of hydrogen-bond donors (Lipinski definition) is 2. The molecular formula is C16H23ClFNO. The summed E-state index contributed by atoms with van der Waals surface area (Å²) < 4.78 is 14.2. The van der Waals surface area contributed by atoms with E-state index in [-0.39, 0.29) is 10.6 Å². The molecule has 0 amide bonds. The Hall–Kier alpha value is -0.640. The molecular weight excluding hydrogens is 277 g/mol. The maximum absolute atomic E-state index is 14.2. The zero-order valence-corrected chi connectivity index (χ0v) is 12.7. The first-order valence-corrected chi connectivity index (χ1v) is 7.74. The summed E-state index contributed by atoms with van der Waals surface area (Å²) in [5, 5.41) is 10.8. The molecule has 3 unspecified atom stereocenters. The quantitative estimate of drug-likeness (QED) is 0.881. The third-order valence-electron chi connectivity index (χ3n) is 4.82. The Morgan fingerprint density at radius 1 is 1.55 bits per heavy atom. The van der Waals surface area contributed by atoms with E-state index < -0.39 is 17.3 Å². The van der Waals surface area contributed by atoms with Crippen LogP contribution >= 0.6 is 11.6 Å². The van der Waals surface area contributed by atoms with E-state index in [1.807, 2.05) is 0 Å². The summed E-state index contributed by atoms with van der Waals surface area (Å²) in [4.78, 5) is 0. The summed E-state index contributed by atoms with van der Waals surface area (Å²) in [5.74, 6) is 0.0392. The lowest BCUT2D eigenvalue weighted by molar-refractivity contribution is -0.0181. The van der Waals surface area contributed by atoms with E-state index in [1.54, 1.807) is 12.1 Å². The van der Waals surface area contributed by atoms with Gasteiger partial charge in [0.1, 0.15) is 5.82 Å². The van der Waals surface area contributed by atoms with Crippen molar-refractivity contribution in [3.8, 4) is 0 Å². The Labute approximate surface area is 125 Å². The van der Waals surface area contributed by atoms with Crippen LogP contribution in [0, 0.1) is 17.2 Å². The molecule has 1 saturated carbocycles. The third kappa shape index (κ3) is 2.85. The molecule has 2 nitrogen and oxygen atoms in total. The van der Waals surface area contributed by atoms with Gasteiger partial charge < -0.3 is 10.8 Å². The molecule has 20 heavy (non-hydrogen) atoms. The Morgan fingerprint density at radius 2 is 2.30 bits per heavy atom. The van der Waals surface area contributed by atoms with Gasteiger partial charge in [0.15, 0.2) is 0 Å². The minimum Gasteiger partial charge on any atom is -0.388 e. The zero-order chi connectivity index (χ0) is 14.8. The van der Waals surface area contributed by atoms with Crippen molar-refractivity contribution in [2.75, 3.05) is 6.54 Å². The van der Waals surface area contributed by atoms with Gasteiger partial charge in [-0.2, -0.15) is 0 Å². The molecule has 0 heterocycles. The van der Waals surface area contributed by atoms with Crippen LogP contribution in [0.5, 0.6) is 0 Å². The average molecular weight is 300 g/mol. The van der Waals surface area contributed by atoms with Crippen LogP contribution in [0.3, 0.4) is 0 Å². The minimum atomic E-state index is -0.888. The lowest BCUT2D eigenvalue weighted by Crippen LogP contribution is -2.41. The highest BCUT2D eigenvalue weighted by Gasteiger charge is 2.42. The summed E-state index contributed by atoms with van der Waals surface area (Å²) in [5.41, 5.74) is 5.82. The number of nitrogens with two attached hydrogens (primary N) is 1. The van der Waals surface area contributed by atoms with Gasteiger partial charge in [0.25, 0.3) is 0 Å². The average Bonchev–Trinajstić information content (AvgIpc) is 2.49. The second-order valence-electron chi connectivity index (χ2n) is 5.98. The first kappa shape index (κ1) is 15.7. The molecule has 0 bridgehead atoms. The second kappa shape index (κ2) is 6.42. The molecule has 1 aromatic carbocycles. The predicted molar refractivity (Wildman–Crippen MR) is 80.1 cm³/mol. The number of benzene rings is 1. The van der Waals surface area contributed by atoms with Crippen molar-refractivity contribution in [2.45, 2.75) is 45.1 Å². The van der Waals surface area contributed by atoms with Crippen LogP contribution < -0.4 is 5.73 Å². The Balaban J connectivity index is 2.33. The standard InChI is InChI=1S/C16H23ClFNO/c1-2-11-5-4-8-16(9-11,10-19)15(20)12-6-3-7-13(17)14(12)18/h3,6-7,11,15,20H,2,4-5,8-10,19H2,1H3. The zero-order valence-electron chi connectivity index (χ0n) is 11.9. The fourth-order valence-electron chi connectivity index (χ4n) is 3.48. The lowest BCUT2D eigenvalue weighted by atomic mass is 9.64. The van der Waals surface area contributed by atoms with Gasteiger partial charge in [-0.1, -0.05) is 49.9 Å². The molecule has 4 heteroatoms. The summed E-state index contributed by atoms with van der Waals surface area (Å²) in [6, 6.07) is 4.78. The highest BCUT2D eigenvalue weighted by atomic mass is 35.5. The van der Waals surface area contributed by atoms with E-state index in [2.05, 4.69) is 6.92 Å². The van der Waals surface area contributed by atoms with Crippen LogP contribution in [0.15, 0.2) is 18.2 Å². The SMILES string of the molecule is CCC1CCCC(CN)(C(O)c2cccc(Cl)c2F)C1. The van der Waals surface area contributed by atoms with Gasteiger partial charge in [-0.25, -0.2) is 4.39 Å². The summed E-state index contributed by atoms with van der Waals surface area (Å²) >= 11 is 5.82. The van der Waals surface area contributed by atoms with Gasteiger partial charge in [-0.3, -0.25) is 0 Å². The Bertz CT molecular complexity index is 468. The maximum atomic E-state index is 14.2. The number of aliphatic hydroxyl groups excluding tert-OH is 1. The van der Waals surface area contributed by atoms with Crippen molar-refractivity contribution in [3.63, 3.8) is 0 Å². The van der Waals surface area contributed by atoms with Crippen molar-refractivity contribution >= 4 is 11.6 Å². The summed E-state index contributed by atoms with van der Waals surface area (Å²) in [6.07, 6.45) is 4.09. The van der Waals surface area contributed by atoms with Crippen LogP contribution in [-0.4, -0.2) is 11.7 Å². The second-order valence-corrected chi connectivity index (χ2v) is 6.39. The lowest BCUT2D eigenvalue weighted by Gasteiger charge is -2.43. The molecule has 112 valence electrons. The molecule has 3 N–H and O–H groups in total. The molecule has 1 aliphatic carbocycles. The molecule has 0 aromatic heterocycles. The van der Waals surface area contributed by atoms with E-state index in [0.717, 1.165) is 25.7 Å². The van der Waals surface area contributed by atoms with E-state index in [4.69, 9.17) is 17.3 Å². The first-order valence-electron chi connectivity index (χ1n) is 7.36. The monoisotopic (exact) mass is 299 g/mol. The molecule has 0 spiro atoms. The van der Waals surface area contributed by atoms with Crippen molar-refractivity contribution in [2.24, 2.45) is 17.1 Å². The van der Waals surface area contributed by atoms with Crippen molar-refractivity contribution in [3.05, 3.63) is 34.6 Å². The smallest absolute Gasteiger partial charge is 0.147 e. The summed E-state index contributed by atoms with van der Waals surface area (Å²) in [6.45, 7) is 2.53. The van der Waals surface area contributed by atoms with Crippen LogP contribution in [0.1, 0.15) is 50.7 Å². The normalized spacial score (nSPS) is 28.4. The van der Waals surface area contributed by atoms with Crippen molar-refractivity contribution in [1.82, 2.24) is 0 Å². The predicted octanol–water partition coefficient (Wildman–Crippen LogP) is 4.06. The Morgan fingerprint density at radius 3 is 2.95 bits per heavy atom. The van der Waals surface area contributed by atoms with Gasteiger partial charge in [0.05, 0.1) is 11.1 Å². The van der Waals surface area contributed by atoms with E-state index in [9.17, 15) is 9.50 Å². The number of aliphatic hydroxyl groups is 1. The van der Waals surface area contributed by atoms with E-state index >= 15 is 0 Å². The molecule has 2 rings (SSSR count). The molecule has 1 aliphatic rings. The maximum Gasteiger partial charge on any atom is 0.147 e. The van der Waals surface area contributed by atoms with E-state index in [1.165, 1.54) is 12.5 Å². The largest absolute Gasteiger partial charge is 0.388 e. The van der Waals surface area contributed by atoms with Crippen LogP contribution in [0.4, 0.5) is 4.39 Å². The summed E-state index contributed by atoms with van der Waals surface area (Å²) in [7, 11) is 0. The van der Waals surface area contributed by atoms with Crippen LogP contribution in [-0.2, 0) is 0 Å². The molecule has 0 saturated heterocycles. The molecule has 1 fully saturated rings. The van der Waals surface area contributed by atoms with Crippen LogP contribution in [0.2, 0.25) is 5.02 Å². The van der Waals surface area contributed by atoms with Gasteiger partial charge in [-0.15, -0.1) is 0 Å². The van der Waals surface area contributed by atoms with Crippen molar-refractivity contribution in [1.29, 1.82) is 0 Å². The fraction of sp³-hybridized carbons (Fsp3) is 0.625. The molecule has 0 radical (unpaired) electrons. The molecule has 1 aromatic rings. The van der Waals surface area contributed by atoms with Gasteiger partial charge in [0, 0.05) is 17.5 Å². The third-order valence-corrected chi connectivity index (χ3v) is 5.11. The van der Waals surface area contributed by atoms with Gasteiger partial charge in [0.2, 0.25) is 0 Å². The highest BCUT2D eigenvalue weighted by molar-refractivity contribution is 6.30. The first-order chi connectivity index (χ1) is 9.54. The molecule has 3 atom stereocenters. The topological polar surface area (TPSA) is 46.2 Å². The van der Waals surface area contributed by atoms with Gasteiger partial charge >= 0.3 is 0 Å². The minimum absolute atomic E-state index is 0.0524. The fourth-order valence-corrected chi connectivity index (χ4v) is 3.66. The van der Waals surface area contributed by atoms with E-state index in [0.29, 0.717) is 12.5 Å². The van der Waals surface area contributed by atoms with Gasteiger partial charge in [-0.05, 0) is 24.8 Å². The van der Waals surface area contributed by atoms with Crippen LogP contribution in [0.25, 0.3) is 0 Å². The molecule has 0 aliphatic heterocycles. The number of hydrogen-bond acceptors (Lipinski definition) is 2. The van der Waals surface area contributed by atoms with Crippen molar-refractivity contribution < 1.29 is 9.50 Å².